The maximum Gasteiger partial charge on any atom is 0.224 e. The summed E-state index contributed by atoms with van der Waals surface area (Å²) < 4.78 is 28.9. The van der Waals surface area contributed by atoms with Crippen LogP contribution in [0.3, 0.4) is 0 Å². The predicted molar refractivity (Wildman–Crippen MR) is 119 cm³/mol. The van der Waals surface area contributed by atoms with Gasteiger partial charge in [-0.2, -0.15) is 0 Å². The van der Waals surface area contributed by atoms with Gasteiger partial charge in [0.2, 0.25) is 21.8 Å². The molecule has 0 radical (unpaired) electrons. The molecule has 170 valence electrons. The first-order chi connectivity index (χ1) is 14.8. The third-order valence-corrected chi connectivity index (χ3v) is 7.37. The molecule has 1 aromatic rings. The zero-order valence-electron chi connectivity index (χ0n) is 17.7. The quantitative estimate of drug-likeness (QED) is 0.443. The Labute approximate surface area is 183 Å². The van der Waals surface area contributed by atoms with Crippen molar-refractivity contribution in [3.05, 3.63) is 36.4 Å². The van der Waals surface area contributed by atoms with Gasteiger partial charge in [-0.1, -0.05) is 6.08 Å². The van der Waals surface area contributed by atoms with Gasteiger partial charge < -0.3 is 15.0 Å². The average molecular weight is 450 g/mol. The summed E-state index contributed by atoms with van der Waals surface area (Å²) in [5, 5.41) is 7.60. The zero-order chi connectivity index (χ0) is 22.4. The molecule has 9 heteroatoms. The molecule has 1 fully saturated rings. The van der Waals surface area contributed by atoms with Crippen molar-refractivity contribution in [1.29, 1.82) is 0 Å². The summed E-state index contributed by atoms with van der Waals surface area (Å²) in [4.78, 5) is 26.0. The minimum atomic E-state index is -3.52. The Bertz CT molecular complexity index is 923. The highest BCUT2D eigenvalue weighted by Crippen LogP contribution is 2.28. The SMILES string of the molecule is C=CCN(C(=O)CCCOc1ccc2c(c1)CCC(=O)N2)C1CCC(S(N)(=O)=O)CC1. The highest BCUT2D eigenvalue weighted by molar-refractivity contribution is 7.89. The third kappa shape index (κ3) is 6.30. The Kier molecular flexibility index (Phi) is 7.72. The number of ether oxygens (including phenoxy) is 1. The average Bonchev–Trinajstić information content (AvgIpc) is 2.74. The molecule has 0 saturated heterocycles. The van der Waals surface area contributed by atoms with E-state index in [1.165, 1.54) is 0 Å². The van der Waals surface area contributed by atoms with Crippen molar-refractivity contribution >= 4 is 27.5 Å². The van der Waals surface area contributed by atoms with E-state index in [1.54, 1.807) is 11.0 Å². The van der Waals surface area contributed by atoms with Gasteiger partial charge in [0.05, 0.1) is 11.9 Å². The lowest BCUT2D eigenvalue weighted by Crippen LogP contribution is -2.45. The van der Waals surface area contributed by atoms with Crippen LogP contribution in [0.4, 0.5) is 5.69 Å². The summed E-state index contributed by atoms with van der Waals surface area (Å²) in [5.74, 6) is 0.782. The fraction of sp³-hybridized carbons (Fsp3) is 0.545. The Morgan fingerprint density at radius 2 is 2.00 bits per heavy atom. The van der Waals surface area contributed by atoms with Crippen LogP contribution in [0.5, 0.6) is 5.75 Å². The first-order valence-corrected chi connectivity index (χ1v) is 12.4. The van der Waals surface area contributed by atoms with Crippen molar-refractivity contribution in [2.75, 3.05) is 18.5 Å². The molecular weight excluding hydrogens is 418 g/mol. The number of benzene rings is 1. The third-order valence-electron chi connectivity index (χ3n) is 5.97. The molecule has 1 aliphatic heterocycles. The van der Waals surface area contributed by atoms with Crippen LogP contribution in [-0.2, 0) is 26.0 Å². The van der Waals surface area contributed by atoms with Crippen LogP contribution in [0, 0.1) is 0 Å². The number of hydrogen-bond acceptors (Lipinski definition) is 5. The molecule has 3 N–H and O–H groups in total. The predicted octanol–water partition coefficient (Wildman–Crippen LogP) is 2.34. The maximum absolute atomic E-state index is 12.8. The Balaban J connectivity index is 1.46. The van der Waals surface area contributed by atoms with Crippen molar-refractivity contribution in [1.82, 2.24) is 4.90 Å². The largest absolute Gasteiger partial charge is 0.494 e. The molecule has 3 rings (SSSR count). The van der Waals surface area contributed by atoms with Gasteiger partial charge in [-0.3, -0.25) is 9.59 Å². The first kappa shape index (κ1) is 23.3. The molecule has 0 unspecified atom stereocenters. The van der Waals surface area contributed by atoms with Crippen LogP contribution in [0.2, 0.25) is 0 Å². The van der Waals surface area contributed by atoms with Crippen LogP contribution in [0.15, 0.2) is 30.9 Å². The molecule has 0 aromatic heterocycles. The normalized spacial score (nSPS) is 21.0. The summed E-state index contributed by atoms with van der Waals surface area (Å²) in [6, 6.07) is 5.61. The fourth-order valence-corrected chi connectivity index (χ4v) is 5.21. The van der Waals surface area contributed by atoms with Gasteiger partial charge in [0.25, 0.3) is 0 Å². The van der Waals surface area contributed by atoms with Crippen molar-refractivity contribution in [2.24, 2.45) is 5.14 Å². The van der Waals surface area contributed by atoms with Gasteiger partial charge in [-0.05, 0) is 62.3 Å². The minimum absolute atomic E-state index is 0.0141. The summed E-state index contributed by atoms with van der Waals surface area (Å²) in [6.45, 7) is 4.61. The lowest BCUT2D eigenvalue weighted by molar-refractivity contribution is -0.133. The molecule has 8 nitrogen and oxygen atoms in total. The number of fused-ring (bicyclic) bond motifs is 1. The number of amides is 2. The van der Waals surface area contributed by atoms with E-state index < -0.39 is 15.3 Å². The van der Waals surface area contributed by atoms with Gasteiger partial charge >= 0.3 is 0 Å². The van der Waals surface area contributed by atoms with Crippen molar-refractivity contribution < 1.29 is 22.7 Å². The van der Waals surface area contributed by atoms with Gasteiger partial charge in [0, 0.05) is 31.1 Å². The number of nitrogens with one attached hydrogen (secondary N) is 1. The van der Waals surface area contributed by atoms with Crippen molar-refractivity contribution in [2.45, 2.75) is 62.7 Å². The lowest BCUT2D eigenvalue weighted by atomic mass is 9.93. The summed E-state index contributed by atoms with van der Waals surface area (Å²) in [7, 11) is -3.52. The fourth-order valence-electron chi connectivity index (χ4n) is 4.29. The second kappa shape index (κ2) is 10.3. The number of nitrogens with zero attached hydrogens (tertiary/aromatic N) is 1. The standard InChI is InChI=1S/C22H31N3O5S/c1-2-13-25(17-6-9-19(10-7-17)31(23,28)29)22(27)4-3-14-30-18-8-11-20-16(15-18)5-12-21(26)24-20/h2,8,11,15,17,19H,1,3-7,9-10,12-14H2,(H,24,26)(H2,23,28,29). The summed E-state index contributed by atoms with van der Waals surface area (Å²) >= 11 is 0. The maximum atomic E-state index is 12.8. The number of carbonyl (C=O) groups excluding carboxylic acids is 2. The second-order valence-electron chi connectivity index (χ2n) is 8.17. The Hall–Kier alpha value is -2.39. The van der Waals surface area contributed by atoms with Crippen LogP contribution < -0.4 is 15.2 Å². The number of sulfonamides is 1. The molecule has 1 aliphatic carbocycles. The minimum Gasteiger partial charge on any atom is -0.494 e. The topological polar surface area (TPSA) is 119 Å². The van der Waals surface area contributed by atoms with E-state index in [2.05, 4.69) is 11.9 Å². The van der Waals surface area contributed by atoms with E-state index in [1.807, 2.05) is 18.2 Å². The molecule has 2 amide bonds. The van der Waals surface area contributed by atoms with E-state index >= 15 is 0 Å². The van der Waals surface area contributed by atoms with E-state index in [9.17, 15) is 18.0 Å². The smallest absolute Gasteiger partial charge is 0.224 e. The molecule has 0 spiro atoms. The first-order valence-electron chi connectivity index (χ1n) is 10.8. The molecule has 0 bridgehead atoms. The van der Waals surface area contributed by atoms with Crippen LogP contribution in [0.25, 0.3) is 0 Å². The number of anilines is 1. The van der Waals surface area contributed by atoms with E-state index in [4.69, 9.17) is 9.88 Å². The molecule has 1 heterocycles. The van der Waals surface area contributed by atoms with Gasteiger partial charge in [0.1, 0.15) is 5.75 Å². The molecular formula is C22H31N3O5S. The lowest BCUT2D eigenvalue weighted by Gasteiger charge is -2.36. The van der Waals surface area contributed by atoms with Crippen LogP contribution in [0.1, 0.15) is 50.5 Å². The number of rotatable bonds is 9. The zero-order valence-corrected chi connectivity index (χ0v) is 18.5. The highest BCUT2D eigenvalue weighted by Gasteiger charge is 2.32. The number of primary sulfonamides is 1. The van der Waals surface area contributed by atoms with Gasteiger partial charge in [-0.15, -0.1) is 6.58 Å². The van der Waals surface area contributed by atoms with Crippen molar-refractivity contribution in [3.8, 4) is 5.75 Å². The Morgan fingerprint density at radius 1 is 1.26 bits per heavy atom. The molecule has 1 saturated carbocycles. The Morgan fingerprint density at radius 3 is 2.68 bits per heavy atom. The van der Waals surface area contributed by atoms with E-state index in [-0.39, 0.29) is 17.9 Å². The number of nitrogens with two attached hydrogens (primary N) is 1. The van der Waals surface area contributed by atoms with E-state index in [0.29, 0.717) is 64.5 Å². The number of hydrogen-bond donors (Lipinski definition) is 2. The van der Waals surface area contributed by atoms with Crippen molar-refractivity contribution in [3.63, 3.8) is 0 Å². The van der Waals surface area contributed by atoms with Gasteiger partial charge in [-0.25, -0.2) is 13.6 Å². The number of aryl methyl sites for hydroxylation is 1. The molecule has 31 heavy (non-hydrogen) atoms. The number of carbonyl (C=O) groups is 2. The van der Waals surface area contributed by atoms with Gasteiger partial charge in [0.15, 0.2) is 0 Å². The summed E-state index contributed by atoms with van der Waals surface area (Å²) in [6.07, 6.45) is 6.01. The molecule has 0 atom stereocenters. The molecule has 2 aliphatic rings. The molecule has 1 aromatic carbocycles. The monoisotopic (exact) mass is 449 g/mol. The van der Waals surface area contributed by atoms with Crippen LogP contribution >= 0.6 is 0 Å². The highest BCUT2D eigenvalue weighted by atomic mass is 32.2. The van der Waals surface area contributed by atoms with Crippen LogP contribution in [-0.4, -0.2) is 49.6 Å². The van der Waals surface area contributed by atoms with E-state index in [0.717, 1.165) is 17.0 Å². The summed E-state index contributed by atoms with van der Waals surface area (Å²) in [5.41, 5.74) is 1.89. The second-order valence-corrected chi connectivity index (χ2v) is 10.0.